The largest absolute Gasteiger partial charge is 0.324 e. The van der Waals surface area contributed by atoms with E-state index < -0.39 is 0 Å². The predicted molar refractivity (Wildman–Crippen MR) is 54.4 cm³/mol. The summed E-state index contributed by atoms with van der Waals surface area (Å²) in [6.07, 6.45) is 3.53. The first-order chi connectivity index (χ1) is 5.83. The van der Waals surface area contributed by atoms with Crippen molar-refractivity contribution in [2.45, 2.75) is 0 Å². The molecular weight excluding hydrogens is 148 g/mol. The molecule has 0 aromatic heterocycles. The van der Waals surface area contributed by atoms with Crippen molar-refractivity contribution in [3.8, 4) is 0 Å². The maximum absolute atomic E-state index is 5.32. The van der Waals surface area contributed by atoms with E-state index in [9.17, 15) is 0 Å². The van der Waals surface area contributed by atoms with E-state index in [4.69, 9.17) is 5.84 Å². The van der Waals surface area contributed by atoms with E-state index >= 15 is 0 Å². The molecule has 1 rings (SSSR count). The van der Waals surface area contributed by atoms with Crippen LogP contribution in [-0.4, -0.2) is 0 Å². The van der Waals surface area contributed by atoms with E-state index in [-0.39, 0.29) is 0 Å². The molecule has 0 radical (unpaired) electrons. The van der Waals surface area contributed by atoms with Gasteiger partial charge < -0.3 is 5.43 Å². The first-order valence-corrected chi connectivity index (χ1v) is 3.68. The molecule has 0 atom stereocenters. The summed E-state index contributed by atoms with van der Waals surface area (Å²) in [5.41, 5.74) is 5.48. The highest BCUT2D eigenvalue weighted by Crippen LogP contribution is 2.20. The molecule has 0 amide bonds. The number of benzene rings is 1. The Bertz CT molecular complexity index is 303. The molecule has 0 spiro atoms. The molecule has 2 heteroatoms. The monoisotopic (exact) mass is 160 g/mol. The van der Waals surface area contributed by atoms with Crippen molar-refractivity contribution in [1.82, 2.24) is 0 Å². The minimum absolute atomic E-state index is 0.863. The molecule has 1 aromatic rings. The predicted octanol–water partition coefficient (Wildman–Crippen LogP) is 2.26. The van der Waals surface area contributed by atoms with Crippen LogP contribution in [0.4, 0.5) is 5.69 Å². The average molecular weight is 160 g/mol. The second kappa shape index (κ2) is 3.74. The van der Waals surface area contributed by atoms with Gasteiger partial charge in [0.1, 0.15) is 0 Å². The van der Waals surface area contributed by atoms with Gasteiger partial charge in [-0.3, -0.25) is 5.84 Å². The Kier molecular flexibility index (Phi) is 2.66. The van der Waals surface area contributed by atoms with Gasteiger partial charge in [0.2, 0.25) is 0 Å². The maximum Gasteiger partial charge on any atom is 0.0563 e. The summed E-state index contributed by atoms with van der Waals surface area (Å²) in [4.78, 5) is 0. The van der Waals surface area contributed by atoms with Crippen molar-refractivity contribution >= 4 is 17.8 Å². The number of anilines is 1. The molecule has 12 heavy (non-hydrogen) atoms. The highest BCUT2D eigenvalue weighted by atomic mass is 15.2. The molecule has 0 fully saturated rings. The molecule has 0 heterocycles. The van der Waals surface area contributed by atoms with Gasteiger partial charge in [0, 0.05) is 5.56 Å². The normalized spacial score (nSPS) is 9.08. The lowest BCUT2D eigenvalue weighted by molar-refractivity contribution is 1.34. The van der Waals surface area contributed by atoms with Crippen LogP contribution < -0.4 is 11.3 Å². The second-order valence-electron chi connectivity index (χ2n) is 2.36. The molecule has 0 aliphatic rings. The van der Waals surface area contributed by atoms with Crippen LogP contribution in [0.3, 0.4) is 0 Å². The smallest absolute Gasteiger partial charge is 0.0563 e. The van der Waals surface area contributed by atoms with E-state index in [1.807, 2.05) is 18.2 Å². The molecule has 0 saturated heterocycles. The third-order valence-electron chi connectivity index (χ3n) is 1.72. The van der Waals surface area contributed by atoms with Crippen molar-refractivity contribution < 1.29 is 0 Å². The second-order valence-corrected chi connectivity index (χ2v) is 2.36. The number of hydrogen-bond donors (Lipinski definition) is 2. The summed E-state index contributed by atoms with van der Waals surface area (Å²) < 4.78 is 0. The van der Waals surface area contributed by atoms with Gasteiger partial charge in [-0.25, -0.2) is 0 Å². The molecule has 0 unspecified atom stereocenters. The number of nitrogen functional groups attached to an aromatic ring is 1. The van der Waals surface area contributed by atoms with Crippen molar-refractivity contribution in [1.29, 1.82) is 0 Å². The summed E-state index contributed by atoms with van der Waals surface area (Å²) in [6.45, 7) is 7.40. The van der Waals surface area contributed by atoms with E-state index in [2.05, 4.69) is 18.6 Å². The molecule has 2 nitrogen and oxygen atoms in total. The van der Waals surface area contributed by atoms with Gasteiger partial charge in [-0.1, -0.05) is 37.4 Å². The van der Waals surface area contributed by atoms with Gasteiger partial charge >= 0.3 is 0 Å². The fraction of sp³-hybridized carbons (Fsp3) is 0. The standard InChI is InChI=1S/C10H12N2/c1-3-8-6-5-7-10(12-11)9(8)4-2/h3-7,12H,1-2,11H2. The summed E-state index contributed by atoms with van der Waals surface area (Å²) in [7, 11) is 0. The third-order valence-corrected chi connectivity index (χ3v) is 1.72. The van der Waals surface area contributed by atoms with Crippen molar-refractivity contribution in [3.05, 3.63) is 42.5 Å². The Hall–Kier alpha value is -1.54. The average Bonchev–Trinajstić information content (AvgIpc) is 2.16. The van der Waals surface area contributed by atoms with Crippen LogP contribution in [0, 0.1) is 0 Å². The Morgan fingerprint density at radius 1 is 1.25 bits per heavy atom. The Balaban J connectivity index is 3.31. The lowest BCUT2D eigenvalue weighted by Crippen LogP contribution is -2.08. The van der Waals surface area contributed by atoms with Crippen LogP contribution in [0.25, 0.3) is 12.2 Å². The third kappa shape index (κ3) is 1.38. The summed E-state index contributed by atoms with van der Waals surface area (Å²) in [5, 5.41) is 0. The molecule has 3 N–H and O–H groups in total. The Labute approximate surface area is 72.4 Å². The number of nitrogens with two attached hydrogens (primary N) is 1. The van der Waals surface area contributed by atoms with Gasteiger partial charge in [0.15, 0.2) is 0 Å². The zero-order valence-electron chi connectivity index (χ0n) is 6.88. The zero-order valence-corrected chi connectivity index (χ0v) is 6.88. The number of rotatable bonds is 3. The molecule has 62 valence electrons. The fourth-order valence-corrected chi connectivity index (χ4v) is 1.11. The Morgan fingerprint density at radius 2 is 2.00 bits per heavy atom. The topological polar surface area (TPSA) is 38.0 Å². The van der Waals surface area contributed by atoms with E-state index in [1.165, 1.54) is 0 Å². The van der Waals surface area contributed by atoms with Gasteiger partial charge in [0.25, 0.3) is 0 Å². The molecule has 0 aliphatic heterocycles. The Morgan fingerprint density at radius 3 is 2.50 bits per heavy atom. The van der Waals surface area contributed by atoms with Gasteiger partial charge in [-0.15, -0.1) is 0 Å². The summed E-state index contributed by atoms with van der Waals surface area (Å²) >= 11 is 0. The minimum atomic E-state index is 0.863. The van der Waals surface area contributed by atoms with Crippen LogP contribution in [0.15, 0.2) is 31.4 Å². The zero-order chi connectivity index (χ0) is 8.97. The van der Waals surface area contributed by atoms with E-state index in [0.717, 1.165) is 16.8 Å². The molecule has 0 aliphatic carbocycles. The number of nitrogens with one attached hydrogen (secondary N) is 1. The quantitative estimate of drug-likeness (QED) is 0.525. The van der Waals surface area contributed by atoms with Gasteiger partial charge in [0.05, 0.1) is 5.69 Å². The van der Waals surface area contributed by atoms with Gasteiger partial charge in [-0.05, 0) is 11.6 Å². The van der Waals surface area contributed by atoms with Crippen LogP contribution in [0.2, 0.25) is 0 Å². The van der Waals surface area contributed by atoms with E-state index in [0.29, 0.717) is 0 Å². The molecule has 0 bridgehead atoms. The summed E-state index contributed by atoms with van der Waals surface area (Å²) in [5.74, 6) is 5.32. The lowest BCUT2D eigenvalue weighted by Gasteiger charge is -2.07. The summed E-state index contributed by atoms with van der Waals surface area (Å²) in [6, 6.07) is 5.77. The van der Waals surface area contributed by atoms with Crippen LogP contribution in [0.5, 0.6) is 0 Å². The first kappa shape index (κ1) is 8.56. The SMILES string of the molecule is C=Cc1cccc(NN)c1C=C. The highest BCUT2D eigenvalue weighted by molar-refractivity contribution is 5.74. The first-order valence-electron chi connectivity index (χ1n) is 3.68. The molecular formula is C10H12N2. The van der Waals surface area contributed by atoms with Crippen molar-refractivity contribution in [2.75, 3.05) is 5.43 Å². The highest BCUT2D eigenvalue weighted by Gasteiger charge is 1.99. The number of hydrogen-bond acceptors (Lipinski definition) is 2. The minimum Gasteiger partial charge on any atom is -0.324 e. The maximum atomic E-state index is 5.32. The molecule has 0 saturated carbocycles. The van der Waals surface area contributed by atoms with Crippen LogP contribution >= 0.6 is 0 Å². The molecule has 1 aromatic carbocycles. The van der Waals surface area contributed by atoms with Crippen molar-refractivity contribution in [3.63, 3.8) is 0 Å². The van der Waals surface area contributed by atoms with Crippen molar-refractivity contribution in [2.24, 2.45) is 5.84 Å². The van der Waals surface area contributed by atoms with Gasteiger partial charge in [-0.2, -0.15) is 0 Å². The lowest BCUT2D eigenvalue weighted by atomic mass is 10.1. The van der Waals surface area contributed by atoms with Crippen LogP contribution in [-0.2, 0) is 0 Å². The van der Waals surface area contributed by atoms with Crippen LogP contribution in [0.1, 0.15) is 11.1 Å². The van der Waals surface area contributed by atoms with E-state index in [1.54, 1.807) is 12.2 Å². The number of hydrazine groups is 1. The fourth-order valence-electron chi connectivity index (χ4n) is 1.11.